The summed E-state index contributed by atoms with van der Waals surface area (Å²) in [6.07, 6.45) is 1.96. The van der Waals surface area contributed by atoms with Crippen molar-refractivity contribution in [3.05, 3.63) is 59.7 Å². The standard InChI is InChI=1S/C17H21NO/c1-3-14-7-9-16(10-8-14)18-13(2)11-15-5-4-6-17(19)12-15/h4-10,12-13,18-19H,3,11H2,1-2H3. The average Bonchev–Trinajstić information content (AvgIpc) is 2.39. The number of rotatable bonds is 5. The van der Waals surface area contributed by atoms with Gasteiger partial charge in [0, 0.05) is 11.7 Å². The molecule has 0 saturated heterocycles. The molecule has 0 amide bonds. The number of phenolic OH excluding ortho intramolecular Hbond substituents is 1. The maximum atomic E-state index is 9.45. The first-order valence-electron chi connectivity index (χ1n) is 6.80. The number of aromatic hydroxyl groups is 1. The second kappa shape index (κ2) is 6.28. The first-order valence-corrected chi connectivity index (χ1v) is 6.80. The molecule has 1 atom stereocenters. The van der Waals surface area contributed by atoms with Gasteiger partial charge in [0.2, 0.25) is 0 Å². The highest BCUT2D eigenvalue weighted by Gasteiger charge is 2.04. The minimum absolute atomic E-state index is 0.328. The number of nitrogens with one attached hydrogen (secondary N) is 1. The number of aryl methyl sites for hydroxylation is 1. The fraction of sp³-hybridized carbons (Fsp3) is 0.294. The van der Waals surface area contributed by atoms with E-state index in [1.165, 1.54) is 5.56 Å². The Hall–Kier alpha value is -1.96. The highest BCUT2D eigenvalue weighted by Crippen LogP contribution is 2.15. The van der Waals surface area contributed by atoms with Crippen LogP contribution < -0.4 is 5.32 Å². The third kappa shape index (κ3) is 4.02. The largest absolute Gasteiger partial charge is 0.508 e. The van der Waals surface area contributed by atoms with Crippen LogP contribution in [0.15, 0.2) is 48.5 Å². The smallest absolute Gasteiger partial charge is 0.115 e. The molecule has 2 aromatic rings. The number of anilines is 1. The predicted octanol–water partition coefficient (Wildman–Crippen LogP) is 4.00. The quantitative estimate of drug-likeness (QED) is 0.846. The Labute approximate surface area is 115 Å². The van der Waals surface area contributed by atoms with Crippen LogP contribution in [0.2, 0.25) is 0 Å². The van der Waals surface area contributed by atoms with Crippen molar-refractivity contribution < 1.29 is 5.11 Å². The molecule has 2 heteroatoms. The van der Waals surface area contributed by atoms with Crippen LogP contribution in [-0.4, -0.2) is 11.1 Å². The lowest BCUT2D eigenvalue weighted by Crippen LogP contribution is -2.17. The van der Waals surface area contributed by atoms with Crippen molar-refractivity contribution in [3.8, 4) is 5.75 Å². The van der Waals surface area contributed by atoms with E-state index in [2.05, 4.69) is 43.4 Å². The summed E-state index contributed by atoms with van der Waals surface area (Å²) in [5.41, 5.74) is 3.64. The summed E-state index contributed by atoms with van der Waals surface area (Å²) >= 11 is 0. The molecule has 0 aliphatic carbocycles. The maximum absolute atomic E-state index is 9.45. The summed E-state index contributed by atoms with van der Waals surface area (Å²) < 4.78 is 0. The van der Waals surface area contributed by atoms with E-state index in [1.54, 1.807) is 6.07 Å². The summed E-state index contributed by atoms with van der Waals surface area (Å²) in [7, 11) is 0. The molecule has 100 valence electrons. The van der Waals surface area contributed by atoms with Crippen LogP contribution >= 0.6 is 0 Å². The van der Waals surface area contributed by atoms with Crippen LogP contribution in [0.3, 0.4) is 0 Å². The second-order valence-corrected chi connectivity index (χ2v) is 4.97. The lowest BCUT2D eigenvalue weighted by molar-refractivity contribution is 0.474. The first kappa shape index (κ1) is 13.5. The summed E-state index contributed by atoms with van der Waals surface area (Å²) in [5.74, 6) is 0.331. The van der Waals surface area contributed by atoms with Gasteiger partial charge >= 0.3 is 0 Å². The van der Waals surface area contributed by atoms with Crippen molar-refractivity contribution in [1.82, 2.24) is 0 Å². The molecule has 0 spiro atoms. The van der Waals surface area contributed by atoms with Gasteiger partial charge < -0.3 is 10.4 Å². The second-order valence-electron chi connectivity index (χ2n) is 4.97. The summed E-state index contributed by atoms with van der Waals surface area (Å²) in [6.45, 7) is 4.31. The van der Waals surface area contributed by atoms with Gasteiger partial charge in [-0.25, -0.2) is 0 Å². The van der Waals surface area contributed by atoms with Crippen LogP contribution in [0.4, 0.5) is 5.69 Å². The normalized spacial score (nSPS) is 12.1. The van der Waals surface area contributed by atoms with Gasteiger partial charge in [-0.15, -0.1) is 0 Å². The van der Waals surface area contributed by atoms with Crippen LogP contribution in [0.1, 0.15) is 25.0 Å². The fourth-order valence-corrected chi connectivity index (χ4v) is 2.21. The van der Waals surface area contributed by atoms with Crippen molar-refractivity contribution >= 4 is 5.69 Å². The summed E-state index contributed by atoms with van der Waals surface area (Å²) in [5, 5.41) is 12.9. The number of hydrogen-bond donors (Lipinski definition) is 2. The van der Waals surface area contributed by atoms with E-state index in [1.807, 2.05) is 18.2 Å². The molecule has 2 aromatic carbocycles. The SMILES string of the molecule is CCc1ccc(NC(C)Cc2cccc(O)c2)cc1. The van der Waals surface area contributed by atoms with Crippen molar-refractivity contribution in [3.63, 3.8) is 0 Å². The fourth-order valence-electron chi connectivity index (χ4n) is 2.21. The van der Waals surface area contributed by atoms with Crippen LogP contribution in [0.5, 0.6) is 5.75 Å². The Kier molecular flexibility index (Phi) is 4.45. The zero-order chi connectivity index (χ0) is 13.7. The average molecular weight is 255 g/mol. The molecule has 1 unspecified atom stereocenters. The predicted molar refractivity (Wildman–Crippen MR) is 80.7 cm³/mol. The summed E-state index contributed by atoms with van der Waals surface area (Å²) in [4.78, 5) is 0. The van der Waals surface area contributed by atoms with Crippen molar-refractivity contribution in [2.45, 2.75) is 32.7 Å². The van der Waals surface area contributed by atoms with Crippen molar-refractivity contribution in [2.75, 3.05) is 5.32 Å². The van der Waals surface area contributed by atoms with Gasteiger partial charge in [0.1, 0.15) is 5.75 Å². The van der Waals surface area contributed by atoms with Crippen LogP contribution in [-0.2, 0) is 12.8 Å². The molecule has 0 radical (unpaired) electrons. The molecular formula is C17H21NO. The molecular weight excluding hydrogens is 234 g/mol. The zero-order valence-corrected chi connectivity index (χ0v) is 11.6. The van der Waals surface area contributed by atoms with E-state index in [0.29, 0.717) is 11.8 Å². The maximum Gasteiger partial charge on any atom is 0.115 e. The third-order valence-electron chi connectivity index (χ3n) is 3.23. The molecule has 2 nitrogen and oxygen atoms in total. The molecule has 2 N–H and O–H groups in total. The van der Waals surface area contributed by atoms with Gasteiger partial charge in [0.15, 0.2) is 0 Å². The Morgan fingerprint density at radius 2 is 1.79 bits per heavy atom. The minimum Gasteiger partial charge on any atom is -0.508 e. The Balaban J connectivity index is 1.95. The monoisotopic (exact) mass is 255 g/mol. The van der Waals surface area contributed by atoms with E-state index in [4.69, 9.17) is 0 Å². The molecule has 2 rings (SSSR count). The molecule has 0 fully saturated rings. The number of benzene rings is 2. The number of hydrogen-bond acceptors (Lipinski definition) is 2. The molecule has 0 aliphatic rings. The molecule has 0 bridgehead atoms. The Morgan fingerprint density at radius 3 is 2.42 bits per heavy atom. The topological polar surface area (TPSA) is 32.3 Å². The zero-order valence-electron chi connectivity index (χ0n) is 11.6. The van der Waals surface area contributed by atoms with Gasteiger partial charge in [-0.1, -0.05) is 31.2 Å². The van der Waals surface area contributed by atoms with Crippen molar-refractivity contribution in [2.24, 2.45) is 0 Å². The Morgan fingerprint density at radius 1 is 1.05 bits per heavy atom. The number of phenols is 1. The van der Waals surface area contributed by atoms with Gasteiger partial charge in [0.25, 0.3) is 0 Å². The van der Waals surface area contributed by atoms with E-state index >= 15 is 0 Å². The lowest BCUT2D eigenvalue weighted by atomic mass is 10.1. The molecule has 0 aromatic heterocycles. The van der Waals surface area contributed by atoms with Gasteiger partial charge in [0.05, 0.1) is 0 Å². The molecule has 0 saturated carbocycles. The highest BCUT2D eigenvalue weighted by molar-refractivity contribution is 5.45. The van der Waals surface area contributed by atoms with E-state index in [9.17, 15) is 5.11 Å². The first-order chi connectivity index (χ1) is 9.17. The lowest BCUT2D eigenvalue weighted by Gasteiger charge is -2.15. The molecule has 0 aliphatic heterocycles. The van der Waals surface area contributed by atoms with Crippen LogP contribution in [0.25, 0.3) is 0 Å². The van der Waals surface area contributed by atoms with Gasteiger partial charge in [-0.2, -0.15) is 0 Å². The molecule has 0 heterocycles. The molecule has 19 heavy (non-hydrogen) atoms. The van der Waals surface area contributed by atoms with Gasteiger partial charge in [-0.3, -0.25) is 0 Å². The highest BCUT2D eigenvalue weighted by atomic mass is 16.3. The Bertz CT molecular complexity index is 519. The van der Waals surface area contributed by atoms with Gasteiger partial charge in [-0.05, 0) is 55.2 Å². The van der Waals surface area contributed by atoms with E-state index < -0.39 is 0 Å². The van der Waals surface area contributed by atoms with Crippen LogP contribution in [0, 0.1) is 0 Å². The third-order valence-corrected chi connectivity index (χ3v) is 3.23. The van der Waals surface area contributed by atoms with E-state index in [-0.39, 0.29) is 0 Å². The van der Waals surface area contributed by atoms with E-state index in [0.717, 1.165) is 24.1 Å². The minimum atomic E-state index is 0.328. The van der Waals surface area contributed by atoms with Crippen molar-refractivity contribution in [1.29, 1.82) is 0 Å². The summed E-state index contributed by atoms with van der Waals surface area (Å²) in [6, 6.07) is 16.3.